The van der Waals surface area contributed by atoms with Crippen LogP contribution in [0.2, 0.25) is 0 Å². The maximum atomic E-state index is 7.21. The Morgan fingerprint density at radius 1 is 1.56 bits per heavy atom. The third-order valence-electron chi connectivity index (χ3n) is 2.25. The van der Waals surface area contributed by atoms with Crippen LogP contribution < -0.4 is 5.73 Å². The molecule has 84 valence electrons. The summed E-state index contributed by atoms with van der Waals surface area (Å²) < 4.78 is 0. The van der Waals surface area contributed by atoms with Crippen LogP contribution in [0.5, 0.6) is 0 Å². The lowest BCUT2D eigenvalue weighted by molar-refractivity contribution is 0.882. The number of hydrogen-bond donors (Lipinski definition) is 3. The second-order valence-corrected chi connectivity index (χ2v) is 5.18. The molecular formula is C11H14N4S. The molecule has 2 rings (SSSR count). The van der Waals surface area contributed by atoms with Gasteiger partial charge in [0.05, 0.1) is 11.0 Å². The van der Waals surface area contributed by atoms with E-state index in [4.69, 9.17) is 11.1 Å². The van der Waals surface area contributed by atoms with E-state index in [2.05, 4.69) is 9.97 Å². The molecule has 16 heavy (non-hydrogen) atoms. The van der Waals surface area contributed by atoms with Crippen molar-refractivity contribution < 1.29 is 0 Å². The van der Waals surface area contributed by atoms with E-state index in [0.717, 1.165) is 23.3 Å². The second-order valence-electron chi connectivity index (χ2n) is 3.70. The maximum absolute atomic E-state index is 7.21. The number of nitrogens with one attached hydrogen (secondary N) is 2. The lowest BCUT2D eigenvalue weighted by Gasteiger charge is -2.06. The molecule has 4 nitrogen and oxygen atoms in total. The zero-order chi connectivity index (χ0) is 11.5. The zero-order valence-corrected chi connectivity index (χ0v) is 9.84. The maximum Gasteiger partial charge on any atom is 0.151 e. The first-order valence-electron chi connectivity index (χ1n) is 5.09. The van der Waals surface area contributed by atoms with Crippen molar-refractivity contribution in [3.8, 4) is 0 Å². The van der Waals surface area contributed by atoms with Crippen LogP contribution >= 0.6 is 11.8 Å². The number of imidazole rings is 1. The number of aromatic amines is 1. The van der Waals surface area contributed by atoms with E-state index in [0.29, 0.717) is 0 Å². The van der Waals surface area contributed by atoms with E-state index >= 15 is 0 Å². The van der Waals surface area contributed by atoms with Crippen LogP contribution in [0.1, 0.15) is 12.7 Å². The number of fused-ring (bicyclic) bond motifs is 1. The summed E-state index contributed by atoms with van der Waals surface area (Å²) in [5.41, 5.74) is 7.37. The van der Waals surface area contributed by atoms with Gasteiger partial charge >= 0.3 is 0 Å². The standard InChI is InChI=1S/C11H14N4S/c1-7(16-11(12)13)6-10-14-8-4-2-3-5-9(8)15-10/h2-5,7H,6H2,1H3,(H3,12,13)(H,14,15). The first-order valence-corrected chi connectivity index (χ1v) is 5.97. The highest BCUT2D eigenvalue weighted by molar-refractivity contribution is 8.14. The van der Waals surface area contributed by atoms with Crippen molar-refractivity contribution in [1.82, 2.24) is 9.97 Å². The Bertz CT molecular complexity index is 472. The normalized spacial score (nSPS) is 12.8. The predicted octanol–water partition coefficient (Wildman–Crippen LogP) is 2.12. The van der Waals surface area contributed by atoms with Gasteiger partial charge in [-0.15, -0.1) is 0 Å². The fourth-order valence-electron chi connectivity index (χ4n) is 1.63. The highest BCUT2D eigenvalue weighted by Gasteiger charge is 2.09. The molecule has 1 unspecified atom stereocenters. The van der Waals surface area contributed by atoms with Gasteiger partial charge in [0.2, 0.25) is 0 Å². The van der Waals surface area contributed by atoms with Crippen molar-refractivity contribution in [1.29, 1.82) is 5.41 Å². The van der Waals surface area contributed by atoms with Crippen LogP contribution in [0.15, 0.2) is 24.3 Å². The Kier molecular flexibility index (Phi) is 3.14. The number of aromatic nitrogens is 2. The Balaban J connectivity index is 2.12. The summed E-state index contributed by atoms with van der Waals surface area (Å²) >= 11 is 1.36. The van der Waals surface area contributed by atoms with Crippen LogP contribution in [-0.4, -0.2) is 20.4 Å². The van der Waals surface area contributed by atoms with E-state index in [1.165, 1.54) is 11.8 Å². The van der Waals surface area contributed by atoms with Crippen molar-refractivity contribution in [3.63, 3.8) is 0 Å². The van der Waals surface area contributed by atoms with Gasteiger partial charge in [0.1, 0.15) is 5.82 Å². The average Bonchev–Trinajstić information content (AvgIpc) is 2.57. The molecule has 0 aliphatic carbocycles. The number of nitrogens with two attached hydrogens (primary N) is 1. The van der Waals surface area contributed by atoms with E-state index in [9.17, 15) is 0 Å². The molecular weight excluding hydrogens is 220 g/mol. The number of hydrogen-bond acceptors (Lipinski definition) is 3. The third kappa shape index (κ3) is 2.55. The Morgan fingerprint density at radius 2 is 2.31 bits per heavy atom. The fraction of sp³-hybridized carbons (Fsp3) is 0.273. The number of H-pyrrole nitrogens is 1. The lowest BCUT2D eigenvalue weighted by atomic mass is 10.3. The highest BCUT2D eigenvalue weighted by atomic mass is 32.2. The molecule has 1 heterocycles. The number of thioether (sulfide) groups is 1. The predicted molar refractivity (Wildman–Crippen MR) is 68.8 cm³/mol. The second kappa shape index (κ2) is 4.57. The first-order chi connectivity index (χ1) is 7.65. The van der Waals surface area contributed by atoms with Gasteiger partial charge in [-0.25, -0.2) is 4.98 Å². The van der Waals surface area contributed by atoms with Crippen LogP contribution in [0.3, 0.4) is 0 Å². The van der Waals surface area contributed by atoms with Crippen LogP contribution in [0.25, 0.3) is 11.0 Å². The summed E-state index contributed by atoms with van der Waals surface area (Å²) in [6, 6.07) is 7.95. The highest BCUT2D eigenvalue weighted by Crippen LogP contribution is 2.16. The molecule has 0 aliphatic heterocycles. The minimum absolute atomic E-state index is 0.156. The van der Waals surface area contributed by atoms with Gasteiger partial charge in [-0.2, -0.15) is 0 Å². The van der Waals surface area contributed by atoms with Gasteiger partial charge in [0.25, 0.3) is 0 Å². The Morgan fingerprint density at radius 3 is 3.00 bits per heavy atom. The largest absolute Gasteiger partial charge is 0.379 e. The lowest BCUT2D eigenvalue weighted by Crippen LogP contribution is -2.12. The van der Waals surface area contributed by atoms with Gasteiger partial charge < -0.3 is 10.7 Å². The minimum atomic E-state index is 0.156. The summed E-state index contributed by atoms with van der Waals surface area (Å²) in [5.74, 6) is 0.947. The summed E-state index contributed by atoms with van der Waals surface area (Å²) in [5, 5.41) is 7.63. The number of nitrogens with zero attached hydrogens (tertiary/aromatic N) is 1. The third-order valence-corrected chi connectivity index (χ3v) is 3.07. The molecule has 2 aromatic rings. The molecule has 0 saturated heterocycles. The zero-order valence-electron chi connectivity index (χ0n) is 9.03. The molecule has 4 N–H and O–H groups in total. The minimum Gasteiger partial charge on any atom is -0.379 e. The van der Waals surface area contributed by atoms with Gasteiger partial charge in [-0.3, -0.25) is 5.41 Å². The van der Waals surface area contributed by atoms with Gasteiger partial charge in [0, 0.05) is 11.7 Å². The average molecular weight is 234 g/mol. The summed E-state index contributed by atoms with van der Waals surface area (Å²) in [7, 11) is 0. The van der Waals surface area contributed by atoms with E-state index in [1.54, 1.807) is 0 Å². The monoisotopic (exact) mass is 234 g/mol. The molecule has 0 bridgehead atoms. The number of rotatable bonds is 3. The van der Waals surface area contributed by atoms with Crippen molar-refractivity contribution in [2.45, 2.75) is 18.6 Å². The fourth-order valence-corrected chi connectivity index (χ4v) is 2.31. The summed E-state index contributed by atoms with van der Waals surface area (Å²) in [6.45, 7) is 2.04. The van der Waals surface area contributed by atoms with Crippen LogP contribution in [0, 0.1) is 5.41 Å². The first kappa shape index (κ1) is 11.0. The number of amidine groups is 1. The molecule has 0 amide bonds. The van der Waals surface area contributed by atoms with Crippen molar-refractivity contribution in [2.75, 3.05) is 0 Å². The van der Waals surface area contributed by atoms with E-state index in [1.807, 2.05) is 31.2 Å². The number of benzene rings is 1. The van der Waals surface area contributed by atoms with Gasteiger partial charge in [-0.1, -0.05) is 30.8 Å². The molecule has 0 radical (unpaired) electrons. The summed E-state index contributed by atoms with van der Waals surface area (Å²) in [4.78, 5) is 7.74. The Labute approximate surface area is 98.1 Å². The molecule has 5 heteroatoms. The van der Waals surface area contributed by atoms with E-state index < -0.39 is 0 Å². The van der Waals surface area contributed by atoms with Crippen molar-refractivity contribution in [3.05, 3.63) is 30.1 Å². The van der Waals surface area contributed by atoms with Crippen LogP contribution in [-0.2, 0) is 6.42 Å². The smallest absolute Gasteiger partial charge is 0.151 e. The molecule has 1 aromatic carbocycles. The van der Waals surface area contributed by atoms with Crippen molar-refractivity contribution in [2.24, 2.45) is 5.73 Å². The van der Waals surface area contributed by atoms with Crippen molar-refractivity contribution >= 4 is 28.0 Å². The summed E-state index contributed by atoms with van der Waals surface area (Å²) in [6.07, 6.45) is 0.791. The van der Waals surface area contributed by atoms with Gasteiger partial charge in [0.15, 0.2) is 5.17 Å². The van der Waals surface area contributed by atoms with Crippen LogP contribution in [0.4, 0.5) is 0 Å². The SMILES string of the molecule is CC(Cc1nc2ccccc2[nH]1)SC(=N)N. The number of para-hydroxylation sites is 2. The molecule has 1 atom stereocenters. The molecule has 1 aromatic heterocycles. The topological polar surface area (TPSA) is 78.5 Å². The molecule has 0 saturated carbocycles. The van der Waals surface area contributed by atoms with Gasteiger partial charge in [-0.05, 0) is 12.1 Å². The quantitative estimate of drug-likeness (QED) is 0.562. The molecule has 0 spiro atoms. The molecule has 0 fully saturated rings. The Hall–Kier alpha value is -1.49. The van der Waals surface area contributed by atoms with E-state index in [-0.39, 0.29) is 10.4 Å². The molecule has 0 aliphatic rings.